The van der Waals surface area contributed by atoms with Gasteiger partial charge in [0.15, 0.2) is 5.03 Å². The molecule has 0 bridgehead atoms. The average Bonchev–Trinajstić information content (AvgIpc) is 2.91. The van der Waals surface area contributed by atoms with Crippen LogP contribution in [0.3, 0.4) is 0 Å². The second kappa shape index (κ2) is 5.34. The fourth-order valence-corrected chi connectivity index (χ4v) is 2.72. The molecule has 2 heterocycles. The zero-order chi connectivity index (χ0) is 13.9. The summed E-state index contributed by atoms with van der Waals surface area (Å²) in [5.41, 5.74) is 2.57. The molecule has 0 fully saturated rings. The van der Waals surface area contributed by atoms with E-state index in [1.165, 1.54) is 13.2 Å². The van der Waals surface area contributed by atoms with Gasteiger partial charge in [0.05, 0.1) is 12.2 Å². The monoisotopic (exact) mass is 282 g/mol. The van der Waals surface area contributed by atoms with Crippen molar-refractivity contribution in [3.05, 3.63) is 36.5 Å². The Labute approximate surface area is 110 Å². The van der Waals surface area contributed by atoms with Gasteiger partial charge in [-0.05, 0) is 12.1 Å². The van der Waals surface area contributed by atoms with Crippen molar-refractivity contribution in [3.63, 3.8) is 0 Å². The summed E-state index contributed by atoms with van der Waals surface area (Å²) in [4.78, 5) is 10.7. The smallest absolute Gasteiger partial charge is 0.262 e. The number of sulfonamides is 1. The number of rotatable bonds is 5. The van der Waals surface area contributed by atoms with Crippen LogP contribution in [0.15, 0.2) is 35.7 Å². The first-order chi connectivity index (χ1) is 9.05. The minimum absolute atomic E-state index is 0.119. The molecule has 9 heteroatoms. The minimum Gasteiger partial charge on any atom is -0.347 e. The molecule has 0 saturated heterocycles. The quantitative estimate of drug-likeness (QED) is 0.521. The van der Waals surface area contributed by atoms with Crippen molar-refractivity contribution in [1.29, 1.82) is 0 Å². The molecule has 4 N–H and O–H groups in total. The van der Waals surface area contributed by atoms with Gasteiger partial charge in [-0.15, -0.1) is 0 Å². The van der Waals surface area contributed by atoms with E-state index in [1.54, 1.807) is 24.5 Å². The number of hydrazine groups is 1. The Balaban J connectivity index is 2.31. The molecule has 0 aliphatic carbocycles. The van der Waals surface area contributed by atoms with E-state index < -0.39 is 10.0 Å². The van der Waals surface area contributed by atoms with E-state index in [1.807, 2.05) is 0 Å². The number of H-pyrrole nitrogens is 1. The molecule has 2 aromatic rings. The predicted molar refractivity (Wildman–Crippen MR) is 69.3 cm³/mol. The standard InChI is InChI=1S/C10H14N6O2S/c1-16(7-9-12-5-6-13-9)19(17,18)10-8(15-11)3-2-4-14-10/h2-6,15H,7,11H2,1H3,(H,12,13). The van der Waals surface area contributed by atoms with Crippen LogP contribution >= 0.6 is 0 Å². The van der Waals surface area contributed by atoms with Crippen molar-refractivity contribution in [2.45, 2.75) is 11.6 Å². The van der Waals surface area contributed by atoms with Crippen molar-refractivity contribution in [2.75, 3.05) is 12.5 Å². The molecule has 0 spiro atoms. The Kier molecular flexibility index (Phi) is 3.79. The minimum atomic E-state index is -3.74. The average molecular weight is 282 g/mol. The van der Waals surface area contributed by atoms with Gasteiger partial charge in [0.1, 0.15) is 5.82 Å². The van der Waals surface area contributed by atoms with Crippen LogP contribution in [0, 0.1) is 0 Å². The third kappa shape index (κ3) is 2.72. The van der Waals surface area contributed by atoms with Crippen LogP contribution in [0.4, 0.5) is 5.69 Å². The van der Waals surface area contributed by atoms with E-state index in [0.717, 1.165) is 4.31 Å². The van der Waals surface area contributed by atoms with Crippen molar-refractivity contribution >= 4 is 15.7 Å². The van der Waals surface area contributed by atoms with E-state index in [9.17, 15) is 8.42 Å². The normalized spacial score (nSPS) is 11.7. The summed E-state index contributed by atoms with van der Waals surface area (Å²) in [5.74, 6) is 5.84. The number of hydrogen-bond acceptors (Lipinski definition) is 6. The van der Waals surface area contributed by atoms with E-state index >= 15 is 0 Å². The predicted octanol–water partition coefficient (Wildman–Crippen LogP) is -0.0890. The molecular weight excluding hydrogens is 268 g/mol. The lowest BCUT2D eigenvalue weighted by atomic mass is 10.4. The SMILES string of the molecule is CN(Cc1ncc[nH]1)S(=O)(=O)c1ncccc1NN. The first kappa shape index (κ1) is 13.5. The summed E-state index contributed by atoms with van der Waals surface area (Å²) in [5, 5.41) is -0.119. The van der Waals surface area contributed by atoms with E-state index in [2.05, 4.69) is 20.4 Å². The highest BCUT2D eigenvalue weighted by Crippen LogP contribution is 2.20. The molecule has 102 valence electrons. The molecule has 2 aromatic heterocycles. The van der Waals surface area contributed by atoms with Gasteiger partial charge in [-0.2, -0.15) is 4.31 Å². The van der Waals surface area contributed by atoms with Gasteiger partial charge in [0, 0.05) is 25.6 Å². The number of nitrogens with zero attached hydrogens (tertiary/aromatic N) is 3. The second-order valence-electron chi connectivity index (χ2n) is 3.80. The number of nitrogens with one attached hydrogen (secondary N) is 2. The lowest BCUT2D eigenvalue weighted by Crippen LogP contribution is -2.29. The Morgan fingerprint density at radius 3 is 2.84 bits per heavy atom. The molecule has 0 radical (unpaired) electrons. The Bertz CT molecular complexity index is 640. The van der Waals surface area contributed by atoms with Gasteiger partial charge in [0.25, 0.3) is 10.0 Å². The number of nitrogen functional groups attached to an aromatic ring is 1. The highest BCUT2D eigenvalue weighted by atomic mass is 32.2. The number of imidazole rings is 1. The zero-order valence-corrected chi connectivity index (χ0v) is 11.1. The number of hydrogen-bond donors (Lipinski definition) is 3. The van der Waals surface area contributed by atoms with Crippen LogP contribution < -0.4 is 11.3 Å². The van der Waals surface area contributed by atoms with Crippen molar-refractivity contribution in [1.82, 2.24) is 19.3 Å². The number of aromatic nitrogens is 3. The largest absolute Gasteiger partial charge is 0.347 e. The van der Waals surface area contributed by atoms with E-state index in [-0.39, 0.29) is 17.3 Å². The highest BCUT2D eigenvalue weighted by Gasteiger charge is 2.25. The first-order valence-electron chi connectivity index (χ1n) is 5.42. The van der Waals surface area contributed by atoms with Crippen molar-refractivity contribution in [2.24, 2.45) is 5.84 Å². The van der Waals surface area contributed by atoms with Crippen LogP contribution in [-0.2, 0) is 16.6 Å². The van der Waals surface area contributed by atoms with Crippen LogP contribution in [0.5, 0.6) is 0 Å². The Morgan fingerprint density at radius 2 is 2.21 bits per heavy atom. The third-order valence-electron chi connectivity index (χ3n) is 2.51. The summed E-state index contributed by atoms with van der Waals surface area (Å²) in [6.07, 6.45) is 4.58. The molecular formula is C10H14N6O2S. The van der Waals surface area contributed by atoms with Crippen LogP contribution in [0.2, 0.25) is 0 Å². The first-order valence-corrected chi connectivity index (χ1v) is 6.86. The van der Waals surface area contributed by atoms with Gasteiger partial charge in [-0.1, -0.05) is 0 Å². The van der Waals surface area contributed by atoms with Gasteiger partial charge < -0.3 is 10.4 Å². The number of aromatic amines is 1. The van der Waals surface area contributed by atoms with Gasteiger partial charge >= 0.3 is 0 Å². The summed E-state index contributed by atoms with van der Waals surface area (Å²) < 4.78 is 25.9. The molecule has 0 aromatic carbocycles. The number of nitrogens with two attached hydrogens (primary N) is 1. The second-order valence-corrected chi connectivity index (χ2v) is 5.76. The summed E-state index contributed by atoms with van der Waals surface area (Å²) >= 11 is 0. The number of pyridine rings is 1. The van der Waals surface area contributed by atoms with Crippen LogP contribution in [0.25, 0.3) is 0 Å². The van der Waals surface area contributed by atoms with Crippen LogP contribution in [0.1, 0.15) is 5.82 Å². The molecule has 0 unspecified atom stereocenters. The summed E-state index contributed by atoms with van der Waals surface area (Å²) in [6.45, 7) is 0.121. The van der Waals surface area contributed by atoms with Gasteiger partial charge in [0.2, 0.25) is 0 Å². The fourth-order valence-electron chi connectivity index (χ4n) is 1.53. The van der Waals surface area contributed by atoms with E-state index in [4.69, 9.17) is 5.84 Å². The number of anilines is 1. The lowest BCUT2D eigenvalue weighted by molar-refractivity contribution is 0.456. The summed E-state index contributed by atoms with van der Waals surface area (Å²) in [6, 6.07) is 3.14. The van der Waals surface area contributed by atoms with Crippen molar-refractivity contribution in [3.8, 4) is 0 Å². The Hall–Kier alpha value is -1.97. The zero-order valence-electron chi connectivity index (χ0n) is 10.2. The summed E-state index contributed by atoms with van der Waals surface area (Å²) in [7, 11) is -2.29. The maximum atomic E-state index is 12.4. The van der Waals surface area contributed by atoms with Gasteiger partial charge in [-0.3, -0.25) is 5.84 Å². The van der Waals surface area contributed by atoms with Crippen LogP contribution in [-0.4, -0.2) is 34.7 Å². The molecule has 0 amide bonds. The maximum Gasteiger partial charge on any atom is 0.262 e. The molecule has 8 nitrogen and oxygen atoms in total. The molecule has 0 aliphatic heterocycles. The molecule has 19 heavy (non-hydrogen) atoms. The molecule has 0 saturated carbocycles. The lowest BCUT2D eigenvalue weighted by Gasteiger charge is -2.17. The van der Waals surface area contributed by atoms with Crippen molar-refractivity contribution < 1.29 is 8.42 Å². The molecule has 2 rings (SSSR count). The Morgan fingerprint density at radius 1 is 1.42 bits per heavy atom. The third-order valence-corrected chi connectivity index (χ3v) is 4.27. The van der Waals surface area contributed by atoms with E-state index in [0.29, 0.717) is 5.82 Å². The topological polar surface area (TPSA) is 117 Å². The van der Waals surface area contributed by atoms with Gasteiger partial charge in [-0.25, -0.2) is 18.4 Å². The molecule has 0 atom stereocenters. The fraction of sp³-hybridized carbons (Fsp3) is 0.200. The molecule has 0 aliphatic rings. The highest BCUT2D eigenvalue weighted by molar-refractivity contribution is 7.89. The maximum absolute atomic E-state index is 12.4.